The molecule has 0 bridgehead atoms. The number of carbonyl (C=O) groups is 2. The summed E-state index contributed by atoms with van der Waals surface area (Å²) in [5.41, 5.74) is 9.99. The zero-order chi connectivity index (χ0) is 30.8. The highest BCUT2D eigenvalue weighted by Crippen LogP contribution is 2.46. The summed E-state index contributed by atoms with van der Waals surface area (Å²) in [6, 6.07) is 14.6. The van der Waals surface area contributed by atoms with Crippen molar-refractivity contribution in [1.29, 1.82) is 0 Å². The van der Waals surface area contributed by atoms with Gasteiger partial charge in [-0.05, 0) is 107 Å². The number of aryl methyl sites for hydroxylation is 2. The summed E-state index contributed by atoms with van der Waals surface area (Å²) in [6.07, 6.45) is 6.57. The predicted molar refractivity (Wildman–Crippen MR) is 175 cm³/mol. The average Bonchev–Trinajstić information content (AvgIpc) is 3.40. The van der Waals surface area contributed by atoms with Crippen molar-refractivity contribution in [3.05, 3.63) is 91.6 Å². The molecule has 0 spiro atoms. The highest BCUT2D eigenvalue weighted by atomic mass is 79.9. The van der Waals surface area contributed by atoms with E-state index < -0.39 is 6.03 Å². The summed E-state index contributed by atoms with van der Waals surface area (Å²) in [5.74, 6) is 1.20. The molecule has 2 N–H and O–H groups in total. The van der Waals surface area contributed by atoms with Gasteiger partial charge in [-0.2, -0.15) is 0 Å². The second kappa shape index (κ2) is 13.5. The summed E-state index contributed by atoms with van der Waals surface area (Å²) in [6.45, 7) is 2.58. The van der Waals surface area contributed by atoms with Crippen molar-refractivity contribution in [3.63, 3.8) is 0 Å². The normalized spacial score (nSPS) is 20.6. The Balaban J connectivity index is 1.11. The van der Waals surface area contributed by atoms with Crippen LogP contribution in [0.3, 0.4) is 0 Å². The van der Waals surface area contributed by atoms with Gasteiger partial charge in [-0.25, -0.2) is 4.79 Å². The van der Waals surface area contributed by atoms with Gasteiger partial charge < -0.3 is 20.3 Å². The Morgan fingerprint density at radius 2 is 1.73 bits per heavy atom. The molecule has 3 aromatic rings. The van der Waals surface area contributed by atoms with Crippen LogP contribution in [0.5, 0.6) is 5.75 Å². The van der Waals surface area contributed by atoms with Gasteiger partial charge in [-0.3, -0.25) is 9.78 Å². The van der Waals surface area contributed by atoms with E-state index in [1.165, 1.54) is 11.1 Å². The van der Waals surface area contributed by atoms with Crippen molar-refractivity contribution >= 4 is 57.1 Å². The first-order chi connectivity index (χ1) is 21.2. The Bertz CT molecular complexity index is 1580. The number of amidine groups is 1. The van der Waals surface area contributed by atoms with Crippen molar-refractivity contribution < 1.29 is 14.3 Å². The summed E-state index contributed by atoms with van der Waals surface area (Å²) < 4.78 is 6.85. The van der Waals surface area contributed by atoms with Crippen LogP contribution in [0.1, 0.15) is 54.0 Å². The van der Waals surface area contributed by atoms with Gasteiger partial charge in [-0.15, -0.1) is 4.99 Å². The van der Waals surface area contributed by atoms with E-state index in [9.17, 15) is 9.59 Å². The van der Waals surface area contributed by atoms with Gasteiger partial charge in [0.15, 0.2) is 0 Å². The fourth-order valence-corrected chi connectivity index (χ4v) is 7.94. The maximum atomic E-state index is 13.5. The number of rotatable bonds is 4. The summed E-state index contributed by atoms with van der Waals surface area (Å²) >= 11 is 16.9. The largest absolute Gasteiger partial charge is 0.426 e. The number of ether oxygens (including phenoxy) is 1. The highest BCUT2D eigenvalue weighted by Gasteiger charge is 2.37. The number of pyridine rings is 1. The maximum Gasteiger partial charge on any atom is 0.342 e. The molecule has 8 nitrogen and oxygen atoms in total. The van der Waals surface area contributed by atoms with E-state index in [2.05, 4.69) is 27.0 Å². The summed E-state index contributed by atoms with van der Waals surface area (Å²) in [5, 5.41) is 1.34. The van der Waals surface area contributed by atoms with Crippen molar-refractivity contribution in [3.8, 4) is 5.75 Å². The Morgan fingerprint density at radius 3 is 2.48 bits per heavy atom. The second-order valence-electron chi connectivity index (χ2n) is 11.8. The number of halogens is 3. The number of nitrogens with two attached hydrogens (primary N) is 1. The number of benzene rings is 2. The lowest BCUT2D eigenvalue weighted by Crippen LogP contribution is -2.41. The van der Waals surface area contributed by atoms with E-state index in [0.717, 1.165) is 47.8 Å². The third kappa shape index (κ3) is 6.90. The molecule has 44 heavy (non-hydrogen) atoms. The Morgan fingerprint density at radius 1 is 1.00 bits per heavy atom. The van der Waals surface area contributed by atoms with Crippen LogP contribution in [0.15, 0.2) is 64.2 Å². The fraction of sp³-hybridized carbons (Fsp3) is 0.394. The number of hydrogen-bond donors (Lipinski definition) is 1. The number of aliphatic imine (C=N–C) groups is 1. The van der Waals surface area contributed by atoms with Gasteiger partial charge >= 0.3 is 12.1 Å². The van der Waals surface area contributed by atoms with Gasteiger partial charge in [0, 0.05) is 59.2 Å². The minimum atomic E-state index is -0.815. The highest BCUT2D eigenvalue weighted by molar-refractivity contribution is 9.10. The first-order valence-corrected chi connectivity index (χ1v) is 16.6. The van der Waals surface area contributed by atoms with Crippen LogP contribution in [-0.2, 0) is 17.6 Å². The third-order valence-corrected chi connectivity index (χ3v) is 9.92. The molecule has 11 heteroatoms. The minimum absolute atomic E-state index is 0.0496. The molecular weight excluding hydrogens is 665 g/mol. The van der Waals surface area contributed by atoms with E-state index in [1.807, 2.05) is 46.3 Å². The van der Waals surface area contributed by atoms with E-state index in [4.69, 9.17) is 38.7 Å². The molecular formula is C33H34BrCl2N5O3. The van der Waals surface area contributed by atoms with Gasteiger partial charge in [0.05, 0.1) is 5.69 Å². The van der Waals surface area contributed by atoms with Crippen LogP contribution < -0.4 is 10.5 Å². The Hall–Kier alpha value is -3.14. The number of aromatic nitrogens is 1. The molecule has 1 aromatic heterocycles. The number of carbonyl (C=O) groups excluding carboxylic acids is 2. The molecule has 6 rings (SSSR count). The topological polar surface area (TPSA) is 101 Å². The molecule has 2 unspecified atom stereocenters. The molecule has 3 heterocycles. The summed E-state index contributed by atoms with van der Waals surface area (Å²) in [7, 11) is 0. The first kappa shape index (κ1) is 30.9. The number of urea groups is 1. The number of hydrogen-bond acceptors (Lipinski definition) is 4. The SMILES string of the molecule is NC(=O)/N=C(\Oc1ccccc1)N1CCC(CC(=O)N2CCC(C3c4ncc(Br)cc4CCc4cc(Cl)cc(Cl)c43)CC2)C1. The number of primary amides is 1. The number of nitrogens with zero attached hydrogens (tertiary/aromatic N) is 4. The van der Waals surface area contributed by atoms with Crippen LogP contribution in [0.25, 0.3) is 0 Å². The lowest BCUT2D eigenvalue weighted by Gasteiger charge is -2.37. The molecule has 3 amide bonds. The van der Waals surface area contributed by atoms with Crippen molar-refractivity contribution in [2.75, 3.05) is 26.2 Å². The molecule has 2 fully saturated rings. The van der Waals surface area contributed by atoms with E-state index in [1.54, 1.807) is 12.1 Å². The van der Waals surface area contributed by atoms with Gasteiger partial charge in [-0.1, -0.05) is 41.4 Å². The average molecular weight is 699 g/mol. The minimum Gasteiger partial charge on any atom is -0.426 e. The molecule has 3 aliphatic rings. The van der Waals surface area contributed by atoms with Gasteiger partial charge in [0.25, 0.3) is 0 Å². The lowest BCUT2D eigenvalue weighted by atomic mass is 9.76. The van der Waals surface area contributed by atoms with Crippen LogP contribution in [0.4, 0.5) is 4.79 Å². The zero-order valence-electron chi connectivity index (χ0n) is 24.2. The third-order valence-electron chi connectivity index (χ3n) is 8.96. The van der Waals surface area contributed by atoms with Crippen LogP contribution in [-0.4, -0.2) is 58.9 Å². The van der Waals surface area contributed by atoms with Crippen molar-refractivity contribution in [1.82, 2.24) is 14.8 Å². The monoisotopic (exact) mass is 697 g/mol. The molecule has 2 atom stereocenters. The standard InChI is InChI=1S/C33H34BrCl2N5O3/c34-24-15-23-7-6-22-16-25(35)17-27(36)29(22)30(31(23)38-18-24)21-9-12-40(13-10-21)28(42)14-20-8-11-41(19-20)33(39-32(37)43)44-26-4-2-1-3-5-26/h1-5,15-18,20-21,30H,6-14,19H2,(H2,37,43)/b39-33-. The number of fused-ring (bicyclic) bond motifs is 2. The van der Waals surface area contributed by atoms with Gasteiger partial charge in [0.2, 0.25) is 5.91 Å². The fourth-order valence-electron chi connectivity index (χ4n) is 6.91. The Kier molecular flexibility index (Phi) is 9.45. The molecule has 2 aromatic carbocycles. The van der Waals surface area contributed by atoms with Crippen LogP contribution >= 0.6 is 39.1 Å². The number of likely N-dealkylation sites (tertiary alicyclic amines) is 2. The Labute approximate surface area is 275 Å². The van der Waals surface area contributed by atoms with E-state index in [-0.39, 0.29) is 23.8 Å². The first-order valence-electron chi connectivity index (χ1n) is 15.0. The molecule has 0 radical (unpaired) electrons. The molecule has 2 saturated heterocycles. The molecule has 1 aliphatic carbocycles. The second-order valence-corrected chi connectivity index (χ2v) is 13.6. The predicted octanol–water partition coefficient (Wildman–Crippen LogP) is 6.85. The quantitative estimate of drug-likeness (QED) is 0.237. The smallest absolute Gasteiger partial charge is 0.342 e. The zero-order valence-corrected chi connectivity index (χ0v) is 27.3. The molecule has 2 aliphatic heterocycles. The van der Waals surface area contributed by atoms with Crippen molar-refractivity contribution in [2.24, 2.45) is 22.6 Å². The molecule has 230 valence electrons. The van der Waals surface area contributed by atoms with Gasteiger partial charge in [0.1, 0.15) is 5.75 Å². The van der Waals surface area contributed by atoms with Crippen molar-refractivity contribution in [2.45, 2.75) is 44.4 Å². The number of piperidine rings is 1. The number of para-hydroxylation sites is 1. The van der Waals surface area contributed by atoms with Crippen LogP contribution in [0, 0.1) is 11.8 Å². The maximum absolute atomic E-state index is 13.5. The van der Waals surface area contributed by atoms with E-state index in [0.29, 0.717) is 54.3 Å². The number of amides is 3. The van der Waals surface area contributed by atoms with Crippen LogP contribution in [0.2, 0.25) is 10.0 Å². The van der Waals surface area contributed by atoms with E-state index >= 15 is 0 Å². The lowest BCUT2D eigenvalue weighted by molar-refractivity contribution is -0.133. The summed E-state index contributed by atoms with van der Waals surface area (Å²) in [4.78, 5) is 37.8. The molecule has 0 saturated carbocycles.